The van der Waals surface area contributed by atoms with E-state index in [1.54, 1.807) is 11.0 Å². The van der Waals surface area contributed by atoms with Gasteiger partial charge in [-0.2, -0.15) is 0 Å². The molecule has 1 aliphatic carbocycles. The summed E-state index contributed by atoms with van der Waals surface area (Å²) in [4.78, 5) is 0. The van der Waals surface area contributed by atoms with E-state index in [9.17, 15) is 0 Å². The molecule has 0 spiro atoms. The van der Waals surface area contributed by atoms with E-state index in [-0.39, 0.29) is 0 Å². The van der Waals surface area contributed by atoms with Crippen LogP contribution in [0.4, 0.5) is 5.69 Å². The minimum Gasteiger partial charge on any atom is -0.382 e. The third-order valence-corrected chi connectivity index (χ3v) is 4.10. The van der Waals surface area contributed by atoms with E-state index in [0.717, 1.165) is 11.6 Å². The van der Waals surface area contributed by atoms with Crippen LogP contribution in [0.1, 0.15) is 38.2 Å². The van der Waals surface area contributed by atoms with Gasteiger partial charge in [0.15, 0.2) is 0 Å². The molecular formula is C15H21N5. The first-order valence-electron chi connectivity index (χ1n) is 7.33. The molecule has 2 aromatic rings. The Bertz CT molecular complexity index is 564. The van der Waals surface area contributed by atoms with Gasteiger partial charge < -0.3 is 5.32 Å². The minimum absolute atomic E-state index is 0.608. The lowest BCUT2D eigenvalue weighted by molar-refractivity contribution is 0.358. The molecule has 0 aliphatic heterocycles. The third-order valence-electron chi connectivity index (χ3n) is 4.10. The highest BCUT2D eigenvalue weighted by Gasteiger charge is 2.18. The molecule has 1 aromatic heterocycles. The Hall–Kier alpha value is -1.91. The van der Waals surface area contributed by atoms with Crippen LogP contribution < -0.4 is 5.32 Å². The van der Waals surface area contributed by atoms with Crippen molar-refractivity contribution < 1.29 is 0 Å². The molecule has 0 bridgehead atoms. The Morgan fingerprint density at radius 3 is 2.90 bits per heavy atom. The highest BCUT2D eigenvalue weighted by atomic mass is 15.5. The second-order valence-corrected chi connectivity index (χ2v) is 5.87. The molecule has 106 valence electrons. The zero-order valence-corrected chi connectivity index (χ0v) is 12.1. The maximum Gasteiger partial charge on any atom is 0.143 e. The van der Waals surface area contributed by atoms with Crippen molar-refractivity contribution in [2.45, 2.75) is 45.6 Å². The first-order valence-corrected chi connectivity index (χ1v) is 7.33. The minimum atomic E-state index is 0.608. The molecule has 2 atom stereocenters. The smallest absolute Gasteiger partial charge is 0.143 e. The summed E-state index contributed by atoms with van der Waals surface area (Å²) in [6.45, 7) is 4.44. The Morgan fingerprint density at radius 1 is 1.30 bits per heavy atom. The second-order valence-electron chi connectivity index (χ2n) is 5.87. The van der Waals surface area contributed by atoms with Crippen molar-refractivity contribution in [1.29, 1.82) is 0 Å². The van der Waals surface area contributed by atoms with Crippen molar-refractivity contribution in [3.05, 3.63) is 30.1 Å². The van der Waals surface area contributed by atoms with Crippen LogP contribution in [-0.2, 0) is 0 Å². The topological polar surface area (TPSA) is 55.6 Å². The number of nitrogens with zero attached hydrogens (tertiary/aromatic N) is 4. The van der Waals surface area contributed by atoms with Gasteiger partial charge in [0, 0.05) is 11.7 Å². The SMILES string of the molecule is Cc1cc(NC2CCCC(C)C2)ccc1-n1cnnn1. The zero-order chi connectivity index (χ0) is 13.9. The number of benzene rings is 1. The van der Waals surface area contributed by atoms with E-state index in [1.165, 1.54) is 36.9 Å². The van der Waals surface area contributed by atoms with Gasteiger partial charge >= 0.3 is 0 Å². The number of aromatic nitrogens is 4. The molecule has 0 amide bonds. The molecule has 1 N–H and O–H groups in total. The highest BCUT2D eigenvalue weighted by molar-refractivity contribution is 5.53. The summed E-state index contributed by atoms with van der Waals surface area (Å²) in [7, 11) is 0. The average molecular weight is 271 g/mol. The Labute approximate surface area is 119 Å². The Balaban J connectivity index is 1.74. The van der Waals surface area contributed by atoms with E-state index in [1.807, 2.05) is 0 Å². The predicted molar refractivity (Wildman–Crippen MR) is 78.9 cm³/mol. The quantitative estimate of drug-likeness (QED) is 0.932. The van der Waals surface area contributed by atoms with Crippen molar-refractivity contribution in [3.8, 4) is 5.69 Å². The lowest BCUT2D eigenvalue weighted by atomic mass is 9.87. The molecule has 2 unspecified atom stereocenters. The van der Waals surface area contributed by atoms with Gasteiger partial charge in [0.2, 0.25) is 0 Å². The summed E-state index contributed by atoms with van der Waals surface area (Å²) in [5.74, 6) is 0.836. The maximum absolute atomic E-state index is 3.94. The molecule has 5 heteroatoms. The number of tetrazole rings is 1. The van der Waals surface area contributed by atoms with Crippen LogP contribution in [0.25, 0.3) is 5.69 Å². The number of aryl methyl sites for hydroxylation is 1. The third kappa shape index (κ3) is 2.81. The largest absolute Gasteiger partial charge is 0.382 e. The fraction of sp³-hybridized carbons (Fsp3) is 0.533. The highest BCUT2D eigenvalue weighted by Crippen LogP contribution is 2.27. The molecule has 1 aromatic carbocycles. The van der Waals surface area contributed by atoms with E-state index in [2.05, 4.69) is 52.9 Å². The van der Waals surface area contributed by atoms with Gasteiger partial charge in [0.1, 0.15) is 6.33 Å². The molecule has 0 radical (unpaired) electrons. The molecule has 3 rings (SSSR count). The van der Waals surface area contributed by atoms with Crippen LogP contribution in [0.5, 0.6) is 0 Å². The van der Waals surface area contributed by atoms with Gasteiger partial charge in [-0.1, -0.05) is 19.8 Å². The lowest BCUT2D eigenvalue weighted by Gasteiger charge is -2.28. The van der Waals surface area contributed by atoms with Crippen molar-refractivity contribution >= 4 is 5.69 Å². The van der Waals surface area contributed by atoms with Crippen LogP contribution in [0.2, 0.25) is 0 Å². The molecular weight excluding hydrogens is 250 g/mol. The second kappa shape index (κ2) is 5.61. The van der Waals surface area contributed by atoms with Crippen LogP contribution in [-0.4, -0.2) is 26.2 Å². The number of nitrogens with one attached hydrogen (secondary N) is 1. The van der Waals surface area contributed by atoms with E-state index < -0.39 is 0 Å². The number of hydrogen-bond donors (Lipinski definition) is 1. The van der Waals surface area contributed by atoms with Crippen molar-refractivity contribution in [2.24, 2.45) is 5.92 Å². The van der Waals surface area contributed by atoms with Crippen LogP contribution in [0, 0.1) is 12.8 Å². The predicted octanol–water partition coefficient (Wildman–Crippen LogP) is 2.96. The van der Waals surface area contributed by atoms with E-state index in [0.29, 0.717) is 6.04 Å². The van der Waals surface area contributed by atoms with Gasteiger partial charge in [0.25, 0.3) is 0 Å². The van der Waals surface area contributed by atoms with Gasteiger partial charge in [0.05, 0.1) is 5.69 Å². The number of anilines is 1. The standard InChI is InChI=1S/C15H21N5/c1-11-4-3-5-13(8-11)17-14-6-7-15(12(2)9-14)20-10-16-18-19-20/h6-7,9-11,13,17H,3-5,8H2,1-2H3. The lowest BCUT2D eigenvalue weighted by Crippen LogP contribution is -2.26. The first-order chi connectivity index (χ1) is 9.72. The monoisotopic (exact) mass is 271 g/mol. The van der Waals surface area contributed by atoms with Crippen molar-refractivity contribution in [2.75, 3.05) is 5.32 Å². The summed E-state index contributed by atoms with van der Waals surface area (Å²) in [5.41, 5.74) is 3.39. The molecule has 1 saturated carbocycles. The molecule has 1 heterocycles. The summed E-state index contributed by atoms with van der Waals surface area (Å²) < 4.78 is 1.70. The Kier molecular flexibility index (Phi) is 3.67. The molecule has 1 fully saturated rings. The fourth-order valence-corrected chi connectivity index (χ4v) is 3.07. The summed E-state index contributed by atoms with van der Waals surface area (Å²) >= 11 is 0. The number of hydrogen-bond acceptors (Lipinski definition) is 4. The van der Waals surface area contributed by atoms with Gasteiger partial charge in [-0.25, -0.2) is 4.68 Å². The van der Waals surface area contributed by atoms with Crippen LogP contribution in [0.3, 0.4) is 0 Å². The molecule has 5 nitrogen and oxygen atoms in total. The molecule has 0 saturated heterocycles. The normalized spacial score (nSPS) is 22.7. The Morgan fingerprint density at radius 2 is 2.20 bits per heavy atom. The van der Waals surface area contributed by atoms with Gasteiger partial charge in [-0.05, 0) is 59.9 Å². The average Bonchev–Trinajstić information content (AvgIpc) is 2.92. The summed E-state index contributed by atoms with van der Waals surface area (Å²) in [5, 5.41) is 15.0. The van der Waals surface area contributed by atoms with Gasteiger partial charge in [-0.15, -0.1) is 5.10 Å². The zero-order valence-electron chi connectivity index (χ0n) is 12.1. The van der Waals surface area contributed by atoms with Gasteiger partial charge in [-0.3, -0.25) is 0 Å². The van der Waals surface area contributed by atoms with Crippen LogP contribution >= 0.6 is 0 Å². The van der Waals surface area contributed by atoms with E-state index >= 15 is 0 Å². The first kappa shape index (κ1) is 13.1. The van der Waals surface area contributed by atoms with Crippen molar-refractivity contribution in [3.63, 3.8) is 0 Å². The summed E-state index contributed by atoms with van der Waals surface area (Å²) in [6.07, 6.45) is 6.88. The van der Waals surface area contributed by atoms with Crippen LogP contribution in [0.15, 0.2) is 24.5 Å². The van der Waals surface area contributed by atoms with E-state index in [4.69, 9.17) is 0 Å². The molecule has 1 aliphatic rings. The fourth-order valence-electron chi connectivity index (χ4n) is 3.07. The maximum atomic E-state index is 3.94. The number of rotatable bonds is 3. The summed E-state index contributed by atoms with van der Waals surface area (Å²) in [6, 6.07) is 6.97. The molecule has 20 heavy (non-hydrogen) atoms. The van der Waals surface area contributed by atoms with Crippen molar-refractivity contribution in [1.82, 2.24) is 20.2 Å².